The molecule has 1 rings (SSSR count). The van der Waals surface area contributed by atoms with Gasteiger partial charge in [0.1, 0.15) is 17.0 Å². The molecule has 7 heteroatoms. The van der Waals surface area contributed by atoms with Gasteiger partial charge in [-0.3, -0.25) is 0 Å². The third-order valence-corrected chi connectivity index (χ3v) is 1.72. The third-order valence-electron chi connectivity index (χ3n) is 1.08. The molecular formula is C5H5BrF3N3. The fraction of sp³-hybridized carbons (Fsp3) is 0.400. The standard InChI is InChI=1S/C5H5BrF3N3/c6-3-1-4(10)11-12(3)2-5(7,8)9/h1H,2H2,(H2,10,11). The molecule has 0 atom stereocenters. The van der Waals surface area contributed by atoms with E-state index in [2.05, 4.69) is 21.0 Å². The van der Waals surface area contributed by atoms with Crippen molar-refractivity contribution < 1.29 is 13.2 Å². The summed E-state index contributed by atoms with van der Waals surface area (Å²) in [5.41, 5.74) is 5.17. The zero-order valence-electron chi connectivity index (χ0n) is 5.77. The number of hydrogen-bond donors (Lipinski definition) is 1. The molecule has 0 saturated heterocycles. The van der Waals surface area contributed by atoms with Crippen LogP contribution in [-0.2, 0) is 6.54 Å². The number of anilines is 1. The van der Waals surface area contributed by atoms with Crippen molar-refractivity contribution in [3.63, 3.8) is 0 Å². The lowest BCUT2D eigenvalue weighted by Gasteiger charge is -2.06. The molecule has 0 spiro atoms. The predicted octanol–water partition coefficient (Wildman–Crippen LogP) is 1.79. The molecule has 0 aliphatic rings. The van der Waals surface area contributed by atoms with Crippen molar-refractivity contribution in [3.05, 3.63) is 10.7 Å². The third kappa shape index (κ3) is 2.40. The van der Waals surface area contributed by atoms with Gasteiger partial charge < -0.3 is 5.73 Å². The molecule has 0 saturated carbocycles. The monoisotopic (exact) mass is 243 g/mol. The van der Waals surface area contributed by atoms with Gasteiger partial charge in [0.2, 0.25) is 0 Å². The van der Waals surface area contributed by atoms with Crippen molar-refractivity contribution in [2.24, 2.45) is 0 Å². The highest BCUT2D eigenvalue weighted by molar-refractivity contribution is 9.10. The number of aromatic nitrogens is 2. The molecule has 0 fully saturated rings. The Kier molecular flexibility index (Phi) is 2.31. The Hall–Kier alpha value is -0.720. The molecule has 0 radical (unpaired) electrons. The van der Waals surface area contributed by atoms with Crippen LogP contribution in [0.5, 0.6) is 0 Å². The molecule has 0 aliphatic carbocycles. The van der Waals surface area contributed by atoms with Crippen molar-refractivity contribution in [2.75, 3.05) is 5.73 Å². The lowest BCUT2D eigenvalue weighted by atomic mass is 10.6. The van der Waals surface area contributed by atoms with E-state index < -0.39 is 12.7 Å². The van der Waals surface area contributed by atoms with Gasteiger partial charge in [0.25, 0.3) is 0 Å². The van der Waals surface area contributed by atoms with Gasteiger partial charge in [0, 0.05) is 6.07 Å². The van der Waals surface area contributed by atoms with Gasteiger partial charge in [-0.2, -0.15) is 18.3 Å². The lowest BCUT2D eigenvalue weighted by Crippen LogP contribution is -2.18. The quantitative estimate of drug-likeness (QED) is 0.818. The van der Waals surface area contributed by atoms with E-state index in [-0.39, 0.29) is 10.4 Å². The molecular weight excluding hydrogens is 239 g/mol. The van der Waals surface area contributed by atoms with Gasteiger partial charge in [0.05, 0.1) is 0 Å². The molecule has 0 aliphatic heterocycles. The molecule has 0 unspecified atom stereocenters. The Morgan fingerprint density at radius 3 is 2.50 bits per heavy atom. The van der Waals surface area contributed by atoms with Gasteiger partial charge >= 0.3 is 6.18 Å². The van der Waals surface area contributed by atoms with E-state index >= 15 is 0 Å². The first kappa shape index (κ1) is 9.37. The fourth-order valence-electron chi connectivity index (χ4n) is 0.693. The highest BCUT2D eigenvalue weighted by Crippen LogP contribution is 2.21. The van der Waals surface area contributed by atoms with Crippen LogP contribution in [0.4, 0.5) is 19.0 Å². The van der Waals surface area contributed by atoms with Crippen molar-refractivity contribution in [1.82, 2.24) is 9.78 Å². The topological polar surface area (TPSA) is 43.8 Å². The summed E-state index contributed by atoms with van der Waals surface area (Å²) in [6.45, 7) is -1.13. The predicted molar refractivity (Wildman–Crippen MR) is 40.4 cm³/mol. The van der Waals surface area contributed by atoms with Gasteiger partial charge in [-0.15, -0.1) is 0 Å². The maximum absolute atomic E-state index is 11.8. The number of halogens is 4. The van der Waals surface area contributed by atoms with Crippen LogP contribution >= 0.6 is 15.9 Å². The first-order valence-electron chi connectivity index (χ1n) is 2.94. The summed E-state index contributed by atoms with van der Waals surface area (Å²) >= 11 is 2.89. The largest absolute Gasteiger partial charge is 0.408 e. The van der Waals surface area contributed by atoms with Crippen molar-refractivity contribution in [3.8, 4) is 0 Å². The first-order chi connectivity index (χ1) is 5.38. The number of nitrogens with zero attached hydrogens (tertiary/aromatic N) is 2. The van der Waals surface area contributed by atoms with Crippen LogP contribution in [0.15, 0.2) is 10.7 Å². The summed E-state index contributed by atoms with van der Waals surface area (Å²) in [5.74, 6) is 0.0612. The second-order valence-electron chi connectivity index (χ2n) is 2.16. The summed E-state index contributed by atoms with van der Waals surface area (Å²) in [5, 5.41) is 3.42. The Labute approximate surface area is 74.5 Å². The summed E-state index contributed by atoms with van der Waals surface area (Å²) in [6, 6.07) is 1.31. The summed E-state index contributed by atoms with van der Waals surface area (Å²) in [6.07, 6.45) is -4.28. The SMILES string of the molecule is Nc1cc(Br)n(CC(F)(F)F)n1. The van der Waals surface area contributed by atoms with Crippen LogP contribution in [0.25, 0.3) is 0 Å². The maximum Gasteiger partial charge on any atom is 0.408 e. The van der Waals surface area contributed by atoms with E-state index in [9.17, 15) is 13.2 Å². The molecule has 0 bridgehead atoms. The van der Waals surface area contributed by atoms with Crippen LogP contribution in [0.3, 0.4) is 0 Å². The molecule has 12 heavy (non-hydrogen) atoms. The smallest absolute Gasteiger partial charge is 0.382 e. The van der Waals surface area contributed by atoms with Gasteiger partial charge in [-0.1, -0.05) is 0 Å². The summed E-state index contributed by atoms with van der Waals surface area (Å²) in [4.78, 5) is 0. The highest BCUT2D eigenvalue weighted by atomic mass is 79.9. The highest BCUT2D eigenvalue weighted by Gasteiger charge is 2.29. The minimum atomic E-state index is -4.28. The Morgan fingerprint density at radius 2 is 2.17 bits per heavy atom. The average Bonchev–Trinajstić information content (AvgIpc) is 2.06. The van der Waals surface area contributed by atoms with E-state index in [0.717, 1.165) is 4.68 Å². The molecule has 1 aromatic heterocycles. The van der Waals surface area contributed by atoms with Crippen molar-refractivity contribution in [2.45, 2.75) is 12.7 Å². The van der Waals surface area contributed by atoms with Gasteiger partial charge in [-0.25, -0.2) is 4.68 Å². The van der Waals surface area contributed by atoms with Crippen molar-refractivity contribution in [1.29, 1.82) is 0 Å². The minimum absolute atomic E-state index is 0.0612. The van der Waals surface area contributed by atoms with Crippen LogP contribution in [-0.4, -0.2) is 16.0 Å². The molecule has 0 aromatic carbocycles. The average molecular weight is 244 g/mol. The molecule has 3 nitrogen and oxygen atoms in total. The Morgan fingerprint density at radius 1 is 1.58 bits per heavy atom. The first-order valence-corrected chi connectivity index (χ1v) is 3.73. The summed E-state index contributed by atoms with van der Waals surface area (Å²) < 4.78 is 36.4. The Bertz CT molecular complexity index is 280. The van der Waals surface area contributed by atoms with Crippen LogP contribution in [0, 0.1) is 0 Å². The van der Waals surface area contributed by atoms with Crippen LogP contribution in [0.2, 0.25) is 0 Å². The molecule has 0 amide bonds. The van der Waals surface area contributed by atoms with E-state index in [1.807, 2.05) is 0 Å². The zero-order chi connectivity index (χ0) is 9.35. The lowest BCUT2D eigenvalue weighted by molar-refractivity contribution is -0.142. The minimum Gasteiger partial charge on any atom is -0.382 e. The number of nitrogen functional groups attached to an aromatic ring is 1. The molecule has 2 N–H and O–H groups in total. The van der Waals surface area contributed by atoms with E-state index in [1.165, 1.54) is 6.07 Å². The normalized spacial score (nSPS) is 12.0. The number of nitrogens with two attached hydrogens (primary N) is 1. The van der Waals surface area contributed by atoms with Gasteiger partial charge in [0.15, 0.2) is 0 Å². The second kappa shape index (κ2) is 2.96. The molecule has 1 aromatic rings. The van der Waals surface area contributed by atoms with Gasteiger partial charge in [-0.05, 0) is 15.9 Å². The second-order valence-corrected chi connectivity index (χ2v) is 2.98. The fourth-order valence-corrected chi connectivity index (χ4v) is 1.13. The number of alkyl halides is 3. The van der Waals surface area contributed by atoms with E-state index in [1.54, 1.807) is 0 Å². The van der Waals surface area contributed by atoms with Crippen LogP contribution < -0.4 is 5.73 Å². The molecule has 68 valence electrons. The number of rotatable bonds is 1. The molecule has 1 heterocycles. The number of hydrogen-bond acceptors (Lipinski definition) is 2. The Balaban J connectivity index is 2.82. The van der Waals surface area contributed by atoms with E-state index in [4.69, 9.17) is 5.73 Å². The summed E-state index contributed by atoms with van der Waals surface area (Å²) in [7, 11) is 0. The van der Waals surface area contributed by atoms with Crippen LogP contribution in [0.1, 0.15) is 0 Å². The van der Waals surface area contributed by atoms with Crippen molar-refractivity contribution >= 4 is 21.7 Å². The zero-order valence-corrected chi connectivity index (χ0v) is 7.35. The maximum atomic E-state index is 11.8. The van der Waals surface area contributed by atoms with E-state index in [0.29, 0.717) is 0 Å².